The number of hydrogen-bond donors (Lipinski definition) is 0. The van der Waals surface area contributed by atoms with Crippen molar-refractivity contribution in [3.05, 3.63) is 0 Å². The van der Waals surface area contributed by atoms with Gasteiger partial charge in [0.1, 0.15) is 0 Å². The SMILES string of the molecule is O=C1OC2(Br)CCC1C2. The van der Waals surface area contributed by atoms with Crippen LogP contribution in [0.3, 0.4) is 0 Å². The van der Waals surface area contributed by atoms with Crippen molar-refractivity contribution in [3.8, 4) is 0 Å². The van der Waals surface area contributed by atoms with Gasteiger partial charge in [0.2, 0.25) is 0 Å². The fraction of sp³-hybridized carbons (Fsp3) is 0.833. The topological polar surface area (TPSA) is 26.3 Å². The van der Waals surface area contributed by atoms with Gasteiger partial charge < -0.3 is 4.74 Å². The molecule has 0 radical (unpaired) electrons. The standard InChI is InChI=1S/C6H7BrO2/c7-6-2-1-4(3-6)5(8)9-6/h4H,1-3H2. The molecule has 2 aliphatic rings. The molecular formula is C6H7BrO2. The summed E-state index contributed by atoms with van der Waals surface area (Å²) in [6.45, 7) is 0. The highest BCUT2D eigenvalue weighted by atomic mass is 79.9. The van der Waals surface area contributed by atoms with E-state index in [1.165, 1.54) is 0 Å². The van der Waals surface area contributed by atoms with Crippen LogP contribution in [0.2, 0.25) is 0 Å². The van der Waals surface area contributed by atoms with Gasteiger partial charge in [0.15, 0.2) is 4.51 Å². The number of rotatable bonds is 0. The van der Waals surface area contributed by atoms with Gasteiger partial charge in [-0.25, -0.2) is 0 Å². The lowest BCUT2D eigenvalue weighted by molar-refractivity contribution is -0.149. The van der Waals surface area contributed by atoms with Crippen molar-refractivity contribution >= 4 is 21.9 Å². The van der Waals surface area contributed by atoms with Crippen molar-refractivity contribution in [2.75, 3.05) is 0 Å². The van der Waals surface area contributed by atoms with Crippen LogP contribution in [0, 0.1) is 5.92 Å². The molecule has 2 bridgehead atoms. The van der Waals surface area contributed by atoms with Crippen LogP contribution in [0.25, 0.3) is 0 Å². The smallest absolute Gasteiger partial charge is 0.310 e. The Morgan fingerprint density at radius 1 is 1.78 bits per heavy atom. The van der Waals surface area contributed by atoms with Crippen molar-refractivity contribution in [1.82, 2.24) is 0 Å². The summed E-state index contributed by atoms with van der Waals surface area (Å²) in [5.74, 6) is 0.183. The van der Waals surface area contributed by atoms with Crippen molar-refractivity contribution in [1.29, 1.82) is 0 Å². The second-order valence-corrected chi connectivity index (χ2v) is 4.19. The summed E-state index contributed by atoms with van der Waals surface area (Å²) in [4.78, 5) is 10.8. The number of fused-ring (bicyclic) bond motifs is 2. The number of ether oxygens (including phenoxy) is 1. The van der Waals surface area contributed by atoms with Crippen LogP contribution in [0.5, 0.6) is 0 Å². The van der Waals surface area contributed by atoms with Crippen molar-refractivity contribution in [2.24, 2.45) is 5.92 Å². The molecule has 2 nitrogen and oxygen atoms in total. The fourth-order valence-corrected chi connectivity index (χ4v) is 2.30. The highest BCUT2D eigenvalue weighted by molar-refractivity contribution is 9.10. The summed E-state index contributed by atoms with van der Waals surface area (Å²) < 4.78 is 4.77. The maximum Gasteiger partial charge on any atom is 0.310 e. The van der Waals surface area contributed by atoms with E-state index in [-0.39, 0.29) is 16.4 Å². The van der Waals surface area contributed by atoms with E-state index in [0.717, 1.165) is 19.3 Å². The van der Waals surface area contributed by atoms with Gasteiger partial charge in [-0.3, -0.25) is 4.79 Å². The molecule has 1 heterocycles. The first-order chi connectivity index (χ1) is 4.20. The summed E-state index contributed by atoms with van der Waals surface area (Å²) in [6.07, 6.45) is 2.87. The van der Waals surface area contributed by atoms with Gasteiger partial charge in [0.25, 0.3) is 0 Å². The monoisotopic (exact) mass is 190 g/mol. The quantitative estimate of drug-likeness (QED) is 0.427. The third kappa shape index (κ3) is 0.707. The zero-order valence-corrected chi connectivity index (χ0v) is 6.48. The van der Waals surface area contributed by atoms with Crippen LogP contribution in [-0.2, 0) is 9.53 Å². The lowest BCUT2D eigenvalue weighted by Gasteiger charge is -2.17. The first kappa shape index (κ1) is 5.71. The minimum atomic E-state index is -0.255. The summed E-state index contributed by atoms with van der Waals surface area (Å²) in [5.41, 5.74) is 0. The number of hydrogen-bond acceptors (Lipinski definition) is 2. The molecule has 0 amide bonds. The molecule has 3 heteroatoms. The Morgan fingerprint density at radius 2 is 2.56 bits per heavy atom. The predicted molar refractivity (Wildman–Crippen MR) is 35.1 cm³/mol. The molecule has 0 aromatic rings. The minimum Gasteiger partial charge on any atom is -0.447 e. The maximum atomic E-state index is 10.8. The minimum absolute atomic E-state index is 0.0156. The van der Waals surface area contributed by atoms with Crippen molar-refractivity contribution in [3.63, 3.8) is 0 Å². The molecule has 1 aliphatic heterocycles. The summed E-state index contributed by atoms with van der Waals surface area (Å²) in [6, 6.07) is 0. The second-order valence-electron chi connectivity index (χ2n) is 2.74. The average molecular weight is 191 g/mol. The molecule has 2 atom stereocenters. The molecule has 1 aliphatic carbocycles. The Balaban J connectivity index is 2.28. The van der Waals surface area contributed by atoms with Gasteiger partial charge in [-0.15, -0.1) is 0 Å². The number of carbonyl (C=O) groups excluding carboxylic acids is 1. The Labute approximate surface area is 61.7 Å². The summed E-state index contributed by atoms with van der Waals surface area (Å²) in [5, 5.41) is 0. The molecule has 9 heavy (non-hydrogen) atoms. The molecule has 1 saturated carbocycles. The second kappa shape index (κ2) is 1.51. The highest BCUT2D eigenvalue weighted by Crippen LogP contribution is 2.48. The Morgan fingerprint density at radius 3 is 2.78 bits per heavy atom. The summed E-state index contributed by atoms with van der Waals surface area (Å²) >= 11 is 3.38. The van der Waals surface area contributed by atoms with Gasteiger partial charge >= 0.3 is 5.97 Å². The lowest BCUT2D eigenvalue weighted by Crippen LogP contribution is -2.20. The fourth-order valence-electron chi connectivity index (χ4n) is 1.52. The van der Waals surface area contributed by atoms with Crippen LogP contribution >= 0.6 is 15.9 Å². The molecule has 50 valence electrons. The van der Waals surface area contributed by atoms with E-state index in [4.69, 9.17) is 4.74 Å². The van der Waals surface area contributed by atoms with Gasteiger partial charge in [-0.1, -0.05) is 0 Å². The maximum absolute atomic E-state index is 10.8. The molecule has 0 spiro atoms. The van der Waals surface area contributed by atoms with Crippen LogP contribution in [0.15, 0.2) is 0 Å². The van der Waals surface area contributed by atoms with Gasteiger partial charge in [0, 0.05) is 6.42 Å². The van der Waals surface area contributed by atoms with Gasteiger partial charge in [-0.05, 0) is 28.8 Å². The lowest BCUT2D eigenvalue weighted by atomic mass is 10.1. The van der Waals surface area contributed by atoms with E-state index in [1.54, 1.807) is 0 Å². The zero-order chi connectivity index (χ0) is 6.48. The molecule has 0 aromatic carbocycles. The number of alkyl halides is 1. The molecule has 0 aromatic heterocycles. The largest absolute Gasteiger partial charge is 0.447 e. The van der Waals surface area contributed by atoms with E-state index >= 15 is 0 Å². The van der Waals surface area contributed by atoms with E-state index in [9.17, 15) is 4.79 Å². The predicted octanol–water partition coefficient (Wildman–Crippen LogP) is 1.43. The molecule has 2 fully saturated rings. The van der Waals surface area contributed by atoms with E-state index in [0.29, 0.717) is 0 Å². The molecule has 2 rings (SSSR count). The third-order valence-electron chi connectivity index (χ3n) is 2.03. The van der Waals surface area contributed by atoms with E-state index in [1.807, 2.05) is 0 Å². The Hall–Kier alpha value is -0.0500. The number of carbonyl (C=O) groups is 1. The van der Waals surface area contributed by atoms with Crippen LogP contribution in [-0.4, -0.2) is 10.5 Å². The first-order valence-corrected chi connectivity index (χ1v) is 3.91. The average Bonchev–Trinajstić information content (AvgIpc) is 2.20. The van der Waals surface area contributed by atoms with Gasteiger partial charge in [-0.2, -0.15) is 0 Å². The highest BCUT2D eigenvalue weighted by Gasteiger charge is 2.50. The summed E-state index contributed by atoms with van der Waals surface area (Å²) in [7, 11) is 0. The Kier molecular flexibility index (Phi) is 0.958. The molecular weight excluding hydrogens is 184 g/mol. The molecule has 2 unspecified atom stereocenters. The van der Waals surface area contributed by atoms with E-state index < -0.39 is 0 Å². The van der Waals surface area contributed by atoms with Crippen molar-refractivity contribution in [2.45, 2.75) is 23.8 Å². The van der Waals surface area contributed by atoms with Crippen LogP contribution in [0.1, 0.15) is 19.3 Å². The van der Waals surface area contributed by atoms with Crippen LogP contribution in [0.4, 0.5) is 0 Å². The van der Waals surface area contributed by atoms with Crippen molar-refractivity contribution < 1.29 is 9.53 Å². The normalized spacial score (nSPS) is 47.7. The molecule has 1 saturated heterocycles. The first-order valence-electron chi connectivity index (χ1n) is 3.11. The van der Waals surface area contributed by atoms with Gasteiger partial charge in [0.05, 0.1) is 5.92 Å². The zero-order valence-electron chi connectivity index (χ0n) is 4.89. The third-order valence-corrected chi connectivity index (χ3v) is 2.92. The number of halogens is 1. The van der Waals surface area contributed by atoms with E-state index in [2.05, 4.69) is 15.9 Å². The van der Waals surface area contributed by atoms with Crippen LogP contribution < -0.4 is 0 Å². The molecule has 0 N–H and O–H groups in total. The number of esters is 1. The Bertz CT molecular complexity index is 168.